The highest BCUT2D eigenvalue weighted by Crippen LogP contribution is 2.39. The third kappa shape index (κ3) is 18.3. The number of carbonyl (C=O) groups excluding carboxylic acids is 1. The van der Waals surface area contributed by atoms with E-state index in [2.05, 4.69) is 20.8 Å². The Kier molecular flexibility index (Phi) is 22.9. The summed E-state index contributed by atoms with van der Waals surface area (Å²) in [5.41, 5.74) is -0.493. The number of esters is 1. The minimum Gasteiger partial charge on any atom is -0.481 e. The first-order chi connectivity index (χ1) is 16.5. The molecular formula is C30H58O4. The van der Waals surface area contributed by atoms with Crippen LogP contribution < -0.4 is 0 Å². The number of ether oxygens (including phenoxy) is 1. The van der Waals surface area contributed by atoms with E-state index in [1.54, 1.807) is 0 Å². The van der Waals surface area contributed by atoms with Crippen molar-refractivity contribution in [1.29, 1.82) is 0 Å². The van der Waals surface area contributed by atoms with Crippen LogP contribution in [0.25, 0.3) is 0 Å². The van der Waals surface area contributed by atoms with E-state index in [0.717, 1.165) is 51.4 Å². The maximum Gasteiger partial charge on any atom is 0.312 e. The van der Waals surface area contributed by atoms with E-state index in [0.29, 0.717) is 19.4 Å². The minimum absolute atomic E-state index is 0.0501. The van der Waals surface area contributed by atoms with Gasteiger partial charge in [-0.05, 0) is 32.1 Å². The van der Waals surface area contributed by atoms with Crippen molar-refractivity contribution < 1.29 is 19.4 Å². The molecule has 0 aliphatic heterocycles. The summed E-state index contributed by atoms with van der Waals surface area (Å²) in [5, 5.41) is 9.19. The van der Waals surface area contributed by atoms with Crippen molar-refractivity contribution >= 4 is 11.9 Å². The van der Waals surface area contributed by atoms with Crippen molar-refractivity contribution in [3.8, 4) is 0 Å². The molecule has 0 saturated carbocycles. The molecule has 202 valence electrons. The molecule has 0 bridgehead atoms. The lowest BCUT2D eigenvalue weighted by atomic mass is 9.74. The molecule has 0 amide bonds. The van der Waals surface area contributed by atoms with Crippen LogP contribution in [-0.2, 0) is 14.3 Å². The third-order valence-electron chi connectivity index (χ3n) is 7.23. The van der Waals surface area contributed by atoms with Gasteiger partial charge in [0.15, 0.2) is 0 Å². The van der Waals surface area contributed by atoms with Gasteiger partial charge in [-0.3, -0.25) is 9.59 Å². The summed E-state index contributed by atoms with van der Waals surface area (Å²) in [6.07, 6.45) is 24.6. The third-order valence-corrected chi connectivity index (χ3v) is 7.23. The van der Waals surface area contributed by atoms with Crippen LogP contribution in [0.1, 0.15) is 168 Å². The summed E-state index contributed by atoms with van der Waals surface area (Å²) in [7, 11) is 0. The maximum absolute atomic E-state index is 13.4. The SMILES string of the molecule is CCCCCCCCCCC(CCCCCCCC)(CCCC(=O)O)C(=O)OCCCCCC. The standard InChI is InChI=1S/C30H58O4/c1-4-7-10-13-15-16-18-20-25-30(26-22-23-28(31)32,24-19-17-14-11-8-5-2)29(33)34-27-21-12-9-6-3/h4-27H2,1-3H3,(H,31,32). The molecule has 0 aromatic rings. The molecule has 1 N–H and O–H groups in total. The number of carboxylic acid groups (broad SMARTS) is 1. The fourth-order valence-electron chi connectivity index (χ4n) is 4.95. The van der Waals surface area contributed by atoms with Gasteiger partial charge in [0.1, 0.15) is 0 Å². The summed E-state index contributed by atoms with van der Waals surface area (Å²) in [4.78, 5) is 24.6. The van der Waals surface area contributed by atoms with Gasteiger partial charge in [-0.15, -0.1) is 0 Å². The predicted molar refractivity (Wildman–Crippen MR) is 144 cm³/mol. The Morgan fingerprint density at radius 1 is 0.559 bits per heavy atom. The van der Waals surface area contributed by atoms with Gasteiger partial charge in [0.2, 0.25) is 0 Å². The number of hydrogen-bond donors (Lipinski definition) is 1. The molecule has 4 heteroatoms. The smallest absolute Gasteiger partial charge is 0.312 e. The van der Waals surface area contributed by atoms with Crippen LogP contribution in [0.2, 0.25) is 0 Å². The molecule has 0 radical (unpaired) electrons. The van der Waals surface area contributed by atoms with Crippen LogP contribution in [0.15, 0.2) is 0 Å². The minimum atomic E-state index is -0.770. The van der Waals surface area contributed by atoms with Gasteiger partial charge in [-0.25, -0.2) is 0 Å². The van der Waals surface area contributed by atoms with Crippen LogP contribution >= 0.6 is 0 Å². The summed E-state index contributed by atoms with van der Waals surface area (Å²) in [6.45, 7) is 7.17. The predicted octanol–water partition coefficient (Wildman–Crippen LogP) is 9.63. The maximum atomic E-state index is 13.4. The van der Waals surface area contributed by atoms with E-state index < -0.39 is 11.4 Å². The fourth-order valence-corrected chi connectivity index (χ4v) is 4.95. The van der Waals surface area contributed by atoms with Crippen molar-refractivity contribution in [2.45, 2.75) is 168 Å². The zero-order valence-electron chi connectivity index (χ0n) is 23.1. The molecule has 0 aromatic heterocycles. The van der Waals surface area contributed by atoms with Crippen molar-refractivity contribution in [2.75, 3.05) is 6.61 Å². The quantitative estimate of drug-likeness (QED) is 0.0984. The summed E-state index contributed by atoms with van der Waals surface area (Å²) >= 11 is 0. The Hall–Kier alpha value is -1.06. The second-order valence-corrected chi connectivity index (χ2v) is 10.5. The second-order valence-electron chi connectivity index (χ2n) is 10.5. The molecule has 1 atom stereocenters. The number of carbonyl (C=O) groups is 2. The number of rotatable bonds is 26. The number of carboxylic acids is 1. The highest BCUT2D eigenvalue weighted by atomic mass is 16.5. The molecule has 0 fully saturated rings. The van der Waals surface area contributed by atoms with Gasteiger partial charge in [0.05, 0.1) is 12.0 Å². The Labute approximate surface area is 212 Å². The summed E-state index contributed by atoms with van der Waals surface area (Å²) < 4.78 is 5.84. The average Bonchev–Trinajstić information content (AvgIpc) is 2.82. The first kappa shape index (κ1) is 32.9. The topological polar surface area (TPSA) is 63.6 Å². The van der Waals surface area contributed by atoms with E-state index in [-0.39, 0.29) is 12.4 Å². The second kappa shape index (κ2) is 23.7. The molecule has 0 aliphatic rings. The van der Waals surface area contributed by atoms with Crippen LogP contribution in [-0.4, -0.2) is 23.7 Å². The Morgan fingerprint density at radius 3 is 1.38 bits per heavy atom. The molecule has 0 spiro atoms. The highest BCUT2D eigenvalue weighted by molar-refractivity contribution is 5.77. The number of hydrogen-bond acceptors (Lipinski definition) is 3. The average molecular weight is 483 g/mol. The molecule has 34 heavy (non-hydrogen) atoms. The van der Waals surface area contributed by atoms with Gasteiger partial charge < -0.3 is 9.84 Å². The first-order valence-electron chi connectivity index (χ1n) is 14.9. The van der Waals surface area contributed by atoms with Crippen molar-refractivity contribution in [2.24, 2.45) is 5.41 Å². The zero-order valence-corrected chi connectivity index (χ0v) is 23.1. The summed E-state index contributed by atoms with van der Waals surface area (Å²) in [6, 6.07) is 0. The van der Waals surface area contributed by atoms with Crippen molar-refractivity contribution in [1.82, 2.24) is 0 Å². The van der Waals surface area contributed by atoms with Crippen molar-refractivity contribution in [3.63, 3.8) is 0 Å². The fraction of sp³-hybridized carbons (Fsp3) is 0.933. The highest BCUT2D eigenvalue weighted by Gasteiger charge is 2.38. The molecule has 1 unspecified atom stereocenters. The van der Waals surface area contributed by atoms with Gasteiger partial charge in [0.25, 0.3) is 0 Å². The number of unbranched alkanes of at least 4 members (excludes halogenated alkanes) is 15. The Bertz CT molecular complexity index is 476. The lowest BCUT2D eigenvalue weighted by Gasteiger charge is -2.32. The van der Waals surface area contributed by atoms with Gasteiger partial charge >= 0.3 is 11.9 Å². The number of aliphatic carboxylic acids is 1. The van der Waals surface area contributed by atoms with E-state index in [9.17, 15) is 14.7 Å². The van der Waals surface area contributed by atoms with Crippen molar-refractivity contribution in [3.05, 3.63) is 0 Å². The molecule has 0 heterocycles. The lowest BCUT2D eigenvalue weighted by Crippen LogP contribution is -2.34. The zero-order chi connectivity index (χ0) is 25.3. The molecule has 0 saturated heterocycles. The van der Waals surface area contributed by atoms with Crippen LogP contribution in [0, 0.1) is 5.41 Å². The molecule has 0 aliphatic carbocycles. The Morgan fingerprint density at radius 2 is 0.941 bits per heavy atom. The normalized spacial score (nSPS) is 13.0. The van der Waals surface area contributed by atoms with E-state index in [1.807, 2.05) is 0 Å². The first-order valence-corrected chi connectivity index (χ1v) is 14.9. The molecule has 4 nitrogen and oxygen atoms in total. The van der Waals surface area contributed by atoms with E-state index in [1.165, 1.54) is 77.0 Å². The van der Waals surface area contributed by atoms with Crippen LogP contribution in [0.5, 0.6) is 0 Å². The Balaban J connectivity index is 4.95. The molecule has 0 rings (SSSR count). The largest absolute Gasteiger partial charge is 0.481 e. The van der Waals surface area contributed by atoms with Gasteiger partial charge in [0, 0.05) is 6.42 Å². The van der Waals surface area contributed by atoms with Crippen LogP contribution in [0.3, 0.4) is 0 Å². The van der Waals surface area contributed by atoms with E-state index in [4.69, 9.17) is 4.74 Å². The molecule has 0 aromatic carbocycles. The van der Waals surface area contributed by atoms with Gasteiger partial charge in [-0.1, -0.05) is 130 Å². The van der Waals surface area contributed by atoms with Gasteiger partial charge in [-0.2, -0.15) is 0 Å². The molecular weight excluding hydrogens is 424 g/mol. The van der Waals surface area contributed by atoms with E-state index >= 15 is 0 Å². The monoisotopic (exact) mass is 482 g/mol. The summed E-state index contributed by atoms with van der Waals surface area (Å²) in [5.74, 6) is -0.820. The lowest BCUT2D eigenvalue weighted by molar-refractivity contribution is -0.158. The van der Waals surface area contributed by atoms with Crippen LogP contribution in [0.4, 0.5) is 0 Å².